The van der Waals surface area contributed by atoms with Gasteiger partial charge < -0.3 is 14.2 Å². The molecule has 1 aliphatic heterocycles. The lowest BCUT2D eigenvalue weighted by atomic mass is 9.97. The molecule has 0 saturated carbocycles. The topological polar surface area (TPSA) is 108 Å². The van der Waals surface area contributed by atoms with Crippen molar-refractivity contribution in [2.45, 2.75) is 90.8 Å². The van der Waals surface area contributed by atoms with Gasteiger partial charge in [0, 0.05) is 24.6 Å². The normalized spacial score (nSPS) is 19.7. The summed E-state index contributed by atoms with van der Waals surface area (Å²) in [7, 11) is -2.24. The number of rotatable bonds is 8. The number of aromatic nitrogens is 2. The number of nitrogens with zero attached hydrogens (tertiary/aromatic N) is 3. The average Bonchev–Trinajstić information content (AvgIpc) is 2.79. The lowest BCUT2D eigenvalue weighted by molar-refractivity contribution is -0.290. The fraction of sp³-hybridized carbons (Fsp3) is 0.552. The Morgan fingerprint density at radius 1 is 1.20 bits per heavy atom. The summed E-state index contributed by atoms with van der Waals surface area (Å²) in [4.78, 5) is 21.7. The molecule has 2 aromatic rings. The van der Waals surface area contributed by atoms with Crippen molar-refractivity contribution in [1.29, 1.82) is 0 Å². The van der Waals surface area contributed by atoms with Gasteiger partial charge in [0.2, 0.25) is 16.0 Å². The molecule has 1 aromatic carbocycles. The fourth-order valence-corrected chi connectivity index (χ4v) is 4.74. The molecule has 1 aliphatic rings. The number of carbonyl (C=O) groups excluding carboxylic acids is 1. The third kappa shape index (κ3) is 8.55. The van der Waals surface area contributed by atoms with Gasteiger partial charge >= 0.3 is 5.97 Å². The molecule has 11 heteroatoms. The quantitative estimate of drug-likeness (QED) is 0.381. The highest BCUT2D eigenvalue weighted by Gasteiger charge is 2.36. The first kappa shape index (κ1) is 31.6. The summed E-state index contributed by atoms with van der Waals surface area (Å²) >= 11 is 0. The maximum atomic E-state index is 13.8. The van der Waals surface area contributed by atoms with Crippen molar-refractivity contribution in [2.75, 3.05) is 17.6 Å². The molecule has 9 nitrogen and oxygen atoms in total. The van der Waals surface area contributed by atoms with E-state index < -0.39 is 39.4 Å². The lowest BCUT2D eigenvalue weighted by Gasteiger charge is -2.39. The van der Waals surface area contributed by atoms with Crippen LogP contribution in [-0.4, -0.2) is 61.3 Å². The van der Waals surface area contributed by atoms with E-state index in [1.807, 2.05) is 46.8 Å². The maximum Gasteiger partial charge on any atom is 0.308 e. The van der Waals surface area contributed by atoms with Crippen molar-refractivity contribution in [1.82, 2.24) is 9.97 Å². The number of anilines is 1. The minimum Gasteiger partial charge on any atom is -0.460 e. The molecule has 0 N–H and O–H groups in total. The number of esters is 1. The highest BCUT2D eigenvalue weighted by Crippen LogP contribution is 2.34. The van der Waals surface area contributed by atoms with Gasteiger partial charge in [0.05, 0.1) is 36.3 Å². The van der Waals surface area contributed by atoms with Crippen LogP contribution in [0.3, 0.4) is 0 Å². The van der Waals surface area contributed by atoms with E-state index in [1.54, 1.807) is 26.0 Å². The molecular formula is C29H40FN3O6S. The van der Waals surface area contributed by atoms with Crippen LogP contribution in [0.4, 0.5) is 10.3 Å². The molecule has 0 spiro atoms. The van der Waals surface area contributed by atoms with Gasteiger partial charge in [-0.1, -0.05) is 26.0 Å². The van der Waals surface area contributed by atoms with Gasteiger partial charge in [-0.25, -0.2) is 27.1 Å². The van der Waals surface area contributed by atoms with Crippen LogP contribution >= 0.6 is 0 Å². The third-order valence-electron chi connectivity index (χ3n) is 6.08. The summed E-state index contributed by atoms with van der Waals surface area (Å²) < 4.78 is 57.0. The lowest BCUT2D eigenvalue weighted by Crippen LogP contribution is -2.45. The zero-order chi connectivity index (χ0) is 30.0. The first-order chi connectivity index (χ1) is 18.3. The number of hydrogen-bond donors (Lipinski definition) is 0. The summed E-state index contributed by atoms with van der Waals surface area (Å²) in [6.45, 7) is 12.9. The first-order valence-electron chi connectivity index (χ1n) is 13.2. The highest BCUT2D eigenvalue weighted by molar-refractivity contribution is 7.92. The van der Waals surface area contributed by atoms with Gasteiger partial charge in [-0.2, -0.15) is 0 Å². The SMILES string of the molecule is CC(C)c1nc(N(C)S(C)(=O)=O)nc(-c2ccc(F)cc2)c1/C=C/[C@@H]1C[C@@H](CC(=O)OC(C)(C)C)OC(C)(C)O1. The highest BCUT2D eigenvalue weighted by atomic mass is 32.2. The van der Waals surface area contributed by atoms with Crippen LogP contribution in [0.2, 0.25) is 0 Å². The maximum absolute atomic E-state index is 13.8. The molecule has 2 heterocycles. The Bertz CT molecular complexity index is 1350. The molecule has 0 amide bonds. The van der Waals surface area contributed by atoms with Crippen LogP contribution in [0, 0.1) is 5.82 Å². The largest absolute Gasteiger partial charge is 0.460 e. The first-order valence-corrected chi connectivity index (χ1v) is 15.1. The van der Waals surface area contributed by atoms with Gasteiger partial charge in [0.1, 0.15) is 11.4 Å². The molecule has 0 unspecified atom stereocenters. The second-order valence-electron chi connectivity index (χ2n) is 11.7. The predicted octanol–water partition coefficient (Wildman–Crippen LogP) is 5.46. The Hall–Kier alpha value is -2.89. The number of ether oxygens (including phenoxy) is 3. The summed E-state index contributed by atoms with van der Waals surface area (Å²) in [5.41, 5.74) is 1.73. The predicted molar refractivity (Wildman–Crippen MR) is 153 cm³/mol. The Morgan fingerprint density at radius 3 is 2.38 bits per heavy atom. The molecule has 1 aromatic heterocycles. The minimum atomic E-state index is -3.63. The Balaban J connectivity index is 2.04. The standard InChI is InChI=1S/C29H40FN3O6S/c1-18(2)25-23(15-14-21-16-22(38-29(6,7)37-21)17-24(34)39-28(3,4)5)26(19-10-12-20(30)13-11-19)32-27(31-25)33(8)40(9,35)36/h10-15,18,21-22H,16-17H2,1-9H3/b15-14+/t21-,22+/m1/s1. The van der Waals surface area contributed by atoms with E-state index in [4.69, 9.17) is 14.2 Å². The molecule has 220 valence electrons. The van der Waals surface area contributed by atoms with Crippen LogP contribution in [0.25, 0.3) is 17.3 Å². The van der Waals surface area contributed by atoms with Crippen LogP contribution in [-0.2, 0) is 29.0 Å². The zero-order valence-corrected chi connectivity index (χ0v) is 25.5. The molecule has 0 aliphatic carbocycles. The number of carbonyl (C=O) groups is 1. The molecular weight excluding hydrogens is 537 g/mol. The van der Waals surface area contributed by atoms with E-state index in [0.717, 1.165) is 10.6 Å². The van der Waals surface area contributed by atoms with Gasteiger partial charge in [0.25, 0.3) is 0 Å². The van der Waals surface area contributed by atoms with Crippen LogP contribution in [0.15, 0.2) is 30.3 Å². The van der Waals surface area contributed by atoms with Crippen molar-refractivity contribution < 1.29 is 31.8 Å². The average molecular weight is 578 g/mol. The van der Waals surface area contributed by atoms with E-state index in [-0.39, 0.29) is 24.3 Å². The molecule has 0 bridgehead atoms. The smallest absolute Gasteiger partial charge is 0.308 e. The Kier molecular flexibility index (Phi) is 9.43. The Morgan fingerprint density at radius 2 is 1.82 bits per heavy atom. The van der Waals surface area contributed by atoms with E-state index >= 15 is 0 Å². The van der Waals surface area contributed by atoms with E-state index in [0.29, 0.717) is 28.9 Å². The number of halogens is 1. The minimum absolute atomic E-state index is 0.0172. The van der Waals surface area contributed by atoms with Gasteiger partial charge in [-0.05, 0) is 64.8 Å². The van der Waals surface area contributed by atoms with E-state index in [9.17, 15) is 17.6 Å². The van der Waals surface area contributed by atoms with Crippen molar-refractivity contribution >= 4 is 28.0 Å². The third-order valence-corrected chi connectivity index (χ3v) is 7.24. The van der Waals surface area contributed by atoms with Crippen molar-refractivity contribution in [2.24, 2.45) is 0 Å². The van der Waals surface area contributed by atoms with E-state index in [1.165, 1.54) is 19.2 Å². The molecule has 40 heavy (non-hydrogen) atoms. The second-order valence-corrected chi connectivity index (χ2v) is 13.8. The molecule has 3 rings (SSSR count). The summed E-state index contributed by atoms with van der Waals surface area (Å²) in [5.74, 6) is -1.78. The second kappa shape index (κ2) is 11.9. The monoisotopic (exact) mass is 577 g/mol. The number of sulfonamides is 1. The van der Waals surface area contributed by atoms with E-state index in [2.05, 4.69) is 9.97 Å². The summed E-state index contributed by atoms with van der Waals surface area (Å²) in [5, 5.41) is 0. The fourth-order valence-electron chi connectivity index (χ4n) is 4.36. The van der Waals surface area contributed by atoms with Gasteiger partial charge in [-0.3, -0.25) is 4.79 Å². The van der Waals surface area contributed by atoms with Crippen molar-refractivity contribution in [3.8, 4) is 11.3 Å². The van der Waals surface area contributed by atoms with Crippen molar-refractivity contribution in [3.63, 3.8) is 0 Å². The molecule has 1 fully saturated rings. The molecule has 1 saturated heterocycles. The Labute approximate surface area is 236 Å². The van der Waals surface area contributed by atoms with Crippen LogP contribution in [0.5, 0.6) is 0 Å². The van der Waals surface area contributed by atoms with Crippen LogP contribution < -0.4 is 4.31 Å². The van der Waals surface area contributed by atoms with Gasteiger partial charge in [-0.15, -0.1) is 0 Å². The number of hydrogen-bond acceptors (Lipinski definition) is 8. The summed E-state index contributed by atoms with van der Waals surface area (Å²) in [6.07, 6.45) is 4.46. The zero-order valence-electron chi connectivity index (χ0n) is 24.7. The molecule has 0 radical (unpaired) electrons. The number of benzene rings is 1. The summed E-state index contributed by atoms with van der Waals surface area (Å²) in [6, 6.07) is 5.83. The molecule has 2 atom stereocenters. The van der Waals surface area contributed by atoms with Crippen molar-refractivity contribution in [3.05, 3.63) is 47.4 Å². The van der Waals surface area contributed by atoms with Gasteiger partial charge in [0.15, 0.2) is 5.79 Å². The van der Waals surface area contributed by atoms with Crippen LogP contribution in [0.1, 0.15) is 78.5 Å².